The molecule has 0 amide bonds. The van der Waals surface area contributed by atoms with Crippen LogP contribution in [0.5, 0.6) is 0 Å². The maximum atomic E-state index is 5.78. The van der Waals surface area contributed by atoms with Crippen LogP contribution in [-0.2, 0) is 0 Å². The number of nitrogen functional groups attached to an aromatic ring is 1. The highest BCUT2D eigenvalue weighted by Crippen LogP contribution is 2.26. The zero-order valence-electron chi connectivity index (χ0n) is 9.12. The van der Waals surface area contributed by atoms with Gasteiger partial charge in [-0.2, -0.15) is 0 Å². The molecule has 0 atom stereocenters. The Labute approximate surface area is 101 Å². The number of nitrogens with two attached hydrogens (primary N) is 1. The molecule has 0 aliphatic heterocycles. The minimum atomic E-state index is 0.600. The molecule has 2 aromatic rings. The third kappa shape index (κ3) is 1.69. The smallest absolute Gasteiger partial charge is 0.0354 e. The number of anilines is 1. The minimum absolute atomic E-state index is 0.600. The highest BCUT2D eigenvalue weighted by atomic mass is 14.5. The van der Waals surface area contributed by atoms with Crippen LogP contribution in [0, 0.1) is 37.0 Å². The molecular formula is C16H9N. The van der Waals surface area contributed by atoms with Crippen molar-refractivity contribution in [2.24, 2.45) is 0 Å². The summed E-state index contributed by atoms with van der Waals surface area (Å²) >= 11 is 0. The molecule has 0 bridgehead atoms. The first-order valence-electron chi connectivity index (χ1n) is 4.96. The Kier molecular flexibility index (Phi) is 2.50. The molecule has 0 saturated carbocycles. The van der Waals surface area contributed by atoms with E-state index in [1.54, 1.807) is 12.1 Å². The van der Waals surface area contributed by atoms with Crippen molar-refractivity contribution in [1.29, 1.82) is 0 Å². The van der Waals surface area contributed by atoms with Crippen molar-refractivity contribution in [3.63, 3.8) is 0 Å². The number of hydrogen-bond donors (Lipinski definition) is 1. The van der Waals surface area contributed by atoms with Gasteiger partial charge < -0.3 is 5.73 Å². The van der Waals surface area contributed by atoms with Crippen molar-refractivity contribution in [2.45, 2.75) is 0 Å². The molecular weight excluding hydrogens is 206 g/mol. The lowest BCUT2D eigenvalue weighted by molar-refractivity contribution is 1.63. The normalized spacial score (nSPS) is 9.24. The lowest BCUT2D eigenvalue weighted by atomic mass is 9.96. The van der Waals surface area contributed by atoms with E-state index in [9.17, 15) is 0 Å². The summed E-state index contributed by atoms with van der Waals surface area (Å²) in [5.74, 6) is 7.77. The Hall–Kier alpha value is -2.82. The largest absolute Gasteiger partial charge is 0.399 e. The van der Waals surface area contributed by atoms with Gasteiger partial charge in [-0.1, -0.05) is 17.8 Å². The van der Waals surface area contributed by atoms with E-state index in [1.165, 1.54) is 0 Å². The Bertz CT molecular complexity index is 731. The highest BCUT2D eigenvalue weighted by molar-refractivity contribution is 5.96. The quantitative estimate of drug-likeness (QED) is 0.530. The Morgan fingerprint density at radius 3 is 2.06 bits per heavy atom. The molecule has 1 heteroatoms. The fraction of sp³-hybridized carbons (Fsp3) is 0. The molecule has 0 radical (unpaired) electrons. The van der Waals surface area contributed by atoms with Crippen molar-refractivity contribution in [1.82, 2.24) is 0 Å². The fourth-order valence-electron chi connectivity index (χ4n) is 1.85. The maximum absolute atomic E-state index is 5.78. The molecule has 17 heavy (non-hydrogen) atoms. The van der Waals surface area contributed by atoms with Gasteiger partial charge in [-0.25, -0.2) is 0 Å². The molecule has 0 saturated heterocycles. The Balaban J connectivity index is 3.02. The average Bonchev–Trinajstić information content (AvgIpc) is 2.35. The molecule has 1 nitrogen and oxygen atoms in total. The van der Waals surface area contributed by atoms with Crippen LogP contribution in [0.2, 0.25) is 0 Å². The highest BCUT2D eigenvalue weighted by Gasteiger charge is 2.07. The van der Waals surface area contributed by atoms with Gasteiger partial charge >= 0.3 is 0 Å². The van der Waals surface area contributed by atoms with Gasteiger partial charge in [0.2, 0.25) is 0 Å². The second-order valence-corrected chi connectivity index (χ2v) is 3.62. The van der Waals surface area contributed by atoms with Crippen molar-refractivity contribution >= 4 is 16.5 Å². The van der Waals surface area contributed by atoms with Crippen LogP contribution in [0.1, 0.15) is 16.7 Å². The molecule has 2 rings (SSSR count). The molecule has 0 aliphatic carbocycles. The summed E-state index contributed by atoms with van der Waals surface area (Å²) in [5.41, 5.74) is 8.49. The van der Waals surface area contributed by atoms with E-state index in [-0.39, 0.29) is 0 Å². The van der Waals surface area contributed by atoms with Gasteiger partial charge in [-0.3, -0.25) is 0 Å². The van der Waals surface area contributed by atoms with Crippen LogP contribution in [0.25, 0.3) is 10.8 Å². The van der Waals surface area contributed by atoms with E-state index in [0.717, 1.165) is 16.3 Å². The van der Waals surface area contributed by atoms with Crippen LogP contribution in [0.4, 0.5) is 5.69 Å². The second kappa shape index (κ2) is 3.97. The summed E-state index contributed by atoms with van der Waals surface area (Å²) in [7, 11) is 0. The summed E-state index contributed by atoms with van der Waals surface area (Å²) in [6.07, 6.45) is 16.3. The summed E-state index contributed by atoms with van der Waals surface area (Å²) in [5, 5.41) is 1.73. The van der Waals surface area contributed by atoms with Crippen molar-refractivity contribution in [3.8, 4) is 37.0 Å². The summed E-state index contributed by atoms with van der Waals surface area (Å²) in [6, 6.07) is 7.18. The predicted octanol–water partition coefficient (Wildman–Crippen LogP) is 2.37. The zero-order chi connectivity index (χ0) is 12.4. The average molecular weight is 215 g/mol. The Morgan fingerprint density at radius 1 is 0.824 bits per heavy atom. The van der Waals surface area contributed by atoms with Gasteiger partial charge in [-0.15, -0.1) is 19.3 Å². The second-order valence-electron chi connectivity index (χ2n) is 3.62. The van der Waals surface area contributed by atoms with E-state index < -0.39 is 0 Å². The van der Waals surface area contributed by atoms with E-state index in [0.29, 0.717) is 16.8 Å². The van der Waals surface area contributed by atoms with Crippen molar-refractivity contribution < 1.29 is 0 Å². The topological polar surface area (TPSA) is 26.0 Å². The first-order chi connectivity index (χ1) is 8.19. The molecule has 0 fully saturated rings. The van der Waals surface area contributed by atoms with Gasteiger partial charge in [0.15, 0.2) is 0 Å². The molecule has 78 valence electrons. The van der Waals surface area contributed by atoms with Crippen molar-refractivity contribution in [3.05, 3.63) is 41.0 Å². The van der Waals surface area contributed by atoms with E-state index in [2.05, 4.69) is 17.8 Å². The lowest BCUT2D eigenvalue weighted by Gasteiger charge is -2.07. The fourth-order valence-corrected chi connectivity index (χ4v) is 1.85. The number of fused-ring (bicyclic) bond motifs is 1. The molecule has 2 N–H and O–H groups in total. The lowest BCUT2D eigenvalue weighted by Crippen LogP contribution is -1.92. The summed E-state index contributed by atoms with van der Waals surface area (Å²) in [6.45, 7) is 0. The Morgan fingerprint density at radius 2 is 1.47 bits per heavy atom. The molecule has 0 heterocycles. The molecule has 2 aromatic carbocycles. The molecule has 0 spiro atoms. The maximum Gasteiger partial charge on any atom is 0.0354 e. The van der Waals surface area contributed by atoms with E-state index >= 15 is 0 Å². The van der Waals surface area contributed by atoms with Gasteiger partial charge in [-0.05, 0) is 29.7 Å². The number of benzene rings is 2. The van der Waals surface area contributed by atoms with Crippen LogP contribution >= 0.6 is 0 Å². The monoisotopic (exact) mass is 215 g/mol. The summed E-state index contributed by atoms with van der Waals surface area (Å²) < 4.78 is 0. The first-order valence-corrected chi connectivity index (χ1v) is 4.96. The number of hydrogen-bond acceptors (Lipinski definition) is 1. The van der Waals surface area contributed by atoms with Gasteiger partial charge in [0.05, 0.1) is 0 Å². The van der Waals surface area contributed by atoms with Gasteiger partial charge in [0.25, 0.3) is 0 Å². The van der Waals surface area contributed by atoms with Crippen LogP contribution < -0.4 is 5.73 Å². The summed E-state index contributed by atoms with van der Waals surface area (Å²) in [4.78, 5) is 0. The number of rotatable bonds is 0. The van der Waals surface area contributed by atoms with Crippen molar-refractivity contribution in [2.75, 3.05) is 5.73 Å². The SMILES string of the molecule is C#Cc1cc(C#C)c2c(C#C)cc(N)cc2c1. The molecule has 0 aliphatic rings. The molecule has 0 aromatic heterocycles. The van der Waals surface area contributed by atoms with E-state index in [4.69, 9.17) is 25.0 Å². The number of terminal acetylenes is 3. The standard InChI is InChI=1S/C16H9N/c1-4-11-7-12(5-2)16-13(6-3)9-15(17)10-14(16)8-11/h1-3,7-10H,17H2. The third-order valence-corrected chi connectivity index (χ3v) is 2.55. The van der Waals surface area contributed by atoms with Crippen LogP contribution in [0.3, 0.4) is 0 Å². The van der Waals surface area contributed by atoms with E-state index in [1.807, 2.05) is 12.1 Å². The predicted molar refractivity (Wildman–Crippen MR) is 72.2 cm³/mol. The van der Waals surface area contributed by atoms with Crippen LogP contribution in [-0.4, -0.2) is 0 Å². The van der Waals surface area contributed by atoms with Gasteiger partial charge in [0, 0.05) is 27.8 Å². The minimum Gasteiger partial charge on any atom is -0.399 e. The first kappa shape index (κ1) is 10.7. The zero-order valence-corrected chi connectivity index (χ0v) is 9.12. The third-order valence-electron chi connectivity index (χ3n) is 2.55. The van der Waals surface area contributed by atoms with Crippen LogP contribution in [0.15, 0.2) is 24.3 Å². The molecule has 0 unspecified atom stereocenters. The van der Waals surface area contributed by atoms with Gasteiger partial charge in [0.1, 0.15) is 0 Å².